The van der Waals surface area contributed by atoms with Gasteiger partial charge in [0.15, 0.2) is 0 Å². The maximum absolute atomic E-state index is 11.9. The first-order valence-electron chi connectivity index (χ1n) is 8.54. The van der Waals surface area contributed by atoms with Crippen LogP contribution in [0.25, 0.3) is 0 Å². The Morgan fingerprint density at radius 1 is 1.04 bits per heavy atom. The second-order valence-electron chi connectivity index (χ2n) is 5.94. The van der Waals surface area contributed by atoms with Gasteiger partial charge < -0.3 is 20.5 Å². The highest BCUT2D eigenvalue weighted by atomic mass is 16.5. The van der Waals surface area contributed by atoms with Crippen LogP contribution in [0.1, 0.15) is 29.3 Å². The van der Waals surface area contributed by atoms with Crippen LogP contribution in [-0.4, -0.2) is 36.2 Å². The molecule has 0 aliphatic heterocycles. The smallest absolute Gasteiger partial charge is 0.251 e. The SMILES string of the molecule is CC(O)CNC(=O)c1ccc(CNC(=O)CCOc2ccccc2)cc1. The first-order valence-corrected chi connectivity index (χ1v) is 8.54. The van der Waals surface area contributed by atoms with Crippen LogP contribution in [0.3, 0.4) is 0 Å². The highest BCUT2D eigenvalue weighted by Crippen LogP contribution is 2.08. The summed E-state index contributed by atoms with van der Waals surface area (Å²) in [5, 5.41) is 14.6. The van der Waals surface area contributed by atoms with Gasteiger partial charge in [-0.3, -0.25) is 9.59 Å². The topological polar surface area (TPSA) is 87.7 Å². The molecule has 0 saturated heterocycles. The van der Waals surface area contributed by atoms with Gasteiger partial charge in [0.1, 0.15) is 5.75 Å². The van der Waals surface area contributed by atoms with Crippen LogP contribution < -0.4 is 15.4 Å². The molecule has 138 valence electrons. The molecule has 0 saturated carbocycles. The lowest BCUT2D eigenvalue weighted by Gasteiger charge is -2.09. The first kappa shape index (κ1) is 19.5. The molecule has 0 aliphatic rings. The van der Waals surface area contributed by atoms with Crippen LogP contribution in [-0.2, 0) is 11.3 Å². The summed E-state index contributed by atoms with van der Waals surface area (Å²) in [6.07, 6.45) is -0.311. The van der Waals surface area contributed by atoms with Gasteiger partial charge >= 0.3 is 0 Å². The zero-order valence-electron chi connectivity index (χ0n) is 14.8. The van der Waals surface area contributed by atoms with Crippen LogP contribution in [0, 0.1) is 0 Å². The van der Waals surface area contributed by atoms with Gasteiger partial charge in [0.25, 0.3) is 5.91 Å². The predicted molar refractivity (Wildman–Crippen MR) is 98.9 cm³/mol. The fraction of sp³-hybridized carbons (Fsp3) is 0.300. The number of hydrogen-bond acceptors (Lipinski definition) is 4. The number of hydrogen-bond donors (Lipinski definition) is 3. The van der Waals surface area contributed by atoms with E-state index in [-0.39, 0.29) is 24.8 Å². The molecule has 0 radical (unpaired) electrons. The van der Waals surface area contributed by atoms with Gasteiger partial charge in [-0.05, 0) is 36.8 Å². The number of carbonyl (C=O) groups excluding carboxylic acids is 2. The van der Waals surface area contributed by atoms with E-state index in [0.29, 0.717) is 18.7 Å². The standard InChI is InChI=1S/C20H24N2O4/c1-15(23)13-22-20(25)17-9-7-16(8-10-17)14-21-19(24)11-12-26-18-5-3-2-4-6-18/h2-10,15,23H,11-14H2,1H3,(H,21,24)(H,22,25). The quantitative estimate of drug-likeness (QED) is 0.640. The number of amides is 2. The molecule has 1 atom stereocenters. The van der Waals surface area contributed by atoms with Crippen LogP contribution in [0.2, 0.25) is 0 Å². The predicted octanol–water partition coefficient (Wildman–Crippen LogP) is 1.88. The molecular formula is C20H24N2O4. The fourth-order valence-corrected chi connectivity index (χ4v) is 2.18. The van der Waals surface area contributed by atoms with Crippen molar-refractivity contribution in [3.05, 3.63) is 65.7 Å². The Morgan fingerprint density at radius 3 is 2.38 bits per heavy atom. The van der Waals surface area contributed by atoms with E-state index in [9.17, 15) is 14.7 Å². The van der Waals surface area contributed by atoms with Crippen molar-refractivity contribution >= 4 is 11.8 Å². The molecule has 2 amide bonds. The summed E-state index contributed by atoms with van der Waals surface area (Å²) < 4.78 is 5.49. The second-order valence-corrected chi connectivity index (χ2v) is 5.94. The molecule has 2 aromatic carbocycles. The molecule has 26 heavy (non-hydrogen) atoms. The van der Waals surface area contributed by atoms with Gasteiger partial charge in [0.05, 0.1) is 19.1 Å². The van der Waals surface area contributed by atoms with Crippen molar-refractivity contribution in [2.45, 2.75) is 26.0 Å². The van der Waals surface area contributed by atoms with Crippen molar-refractivity contribution in [3.8, 4) is 5.75 Å². The van der Waals surface area contributed by atoms with E-state index in [2.05, 4.69) is 10.6 Å². The van der Waals surface area contributed by atoms with E-state index < -0.39 is 6.10 Å². The van der Waals surface area contributed by atoms with Crippen LogP contribution in [0.4, 0.5) is 0 Å². The van der Waals surface area contributed by atoms with Crippen LogP contribution in [0.5, 0.6) is 5.75 Å². The third-order valence-electron chi connectivity index (χ3n) is 3.60. The highest BCUT2D eigenvalue weighted by molar-refractivity contribution is 5.94. The Hall–Kier alpha value is -2.86. The van der Waals surface area contributed by atoms with E-state index in [1.54, 1.807) is 31.2 Å². The van der Waals surface area contributed by atoms with E-state index >= 15 is 0 Å². The van der Waals surface area contributed by atoms with Gasteiger partial charge in [-0.2, -0.15) is 0 Å². The van der Waals surface area contributed by atoms with Crippen molar-refractivity contribution in [2.75, 3.05) is 13.2 Å². The number of para-hydroxylation sites is 1. The summed E-state index contributed by atoms with van der Waals surface area (Å²) in [4.78, 5) is 23.7. The minimum Gasteiger partial charge on any atom is -0.493 e. The first-order chi connectivity index (χ1) is 12.5. The van der Waals surface area contributed by atoms with Crippen LogP contribution in [0.15, 0.2) is 54.6 Å². The zero-order chi connectivity index (χ0) is 18.8. The van der Waals surface area contributed by atoms with E-state index in [1.807, 2.05) is 30.3 Å². The van der Waals surface area contributed by atoms with Crippen molar-refractivity contribution < 1.29 is 19.4 Å². The third kappa shape index (κ3) is 6.94. The van der Waals surface area contributed by atoms with Crippen LogP contribution >= 0.6 is 0 Å². The van der Waals surface area contributed by atoms with Crippen molar-refractivity contribution in [3.63, 3.8) is 0 Å². The van der Waals surface area contributed by atoms with Gasteiger partial charge in [-0.15, -0.1) is 0 Å². The summed E-state index contributed by atoms with van der Waals surface area (Å²) >= 11 is 0. The molecule has 0 bridgehead atoms. The zero-order valence-corrected chi connectivity index (χ0v) is 14.8. The molecule has 2 rings (SSSR count). The number of carbonyl (C=O) groups is 2. The van der Waals surface area contributed by atoms with E-state index in [1.165, 1.54) is 0 Å². The Kier molecular flexibility index (Phi) is 7.64. The molecule has 1 unspecified atom stereocenters. The van der Waals surface area contributed by atoms with Gasteiger partial charge in [0, 0.05) is 18.7 Å². The van der Waals surface area contributed by atoms with E-state index in [0.717, 1.165) is 11.3 Å². The summed E-state index contributed by atoms with van der Waals surface area (Å²) in [7, 11) is 0. The van der Waals surface area contributed by atoms with Crippen molar-refractivity contribution in [1.29, 1.82) is 0 Å². The number of nitrogens with one attached hydrogen (secondary N) is 2. The Bertz CT molecular complexity index is 700. The molecule has 6 nitrogen and oxygen atoms in total. The molecule has 3 N–H and O–H groups in total. The van der Waals surface area contributed by atoms with E-state index in [4.69, 9.17) is 4.74 Å². The number of rotatable bonds is 9. The normalized spacial score (nSPS) is 11.5. The summed E-state index contributed by atoms with van der Waals surface area (Å²) in [5.74, 6) is 0.406. The monoisotopic (exact) mass is 356 g/mol. The summed E-state index contributed by atoms with van der Waals surface area (Å²) in [5.41, 5.74) is 1.41. The number of aliphatic hydroxyl groups excluding tert-OH is 1. The second kappa shape index (κ2) is 10.2. The number of aliphatic hydroxyl groups is 1. The lowest BCUT2D eigenvalue weighted by Crippen LogP contribution is -2.30. The van der Waals surface area contributed by atoms with Gasteiger partial charge in [-0.25, -0.2) is 0 Å². The number of benzene rings is 2. The maximum atomic E-state index is 11.9. The highest BCUT2D eigenvalue weighted by Gasteiger charge is 2.07. The number of ether oxygens (including phenoxy) is 1. The van der Waals surface area contributed by atoms with Crippen molar-refractivity contribution in [1.82, 2.24) is 10.6 Å². The average molecular weight is 356 g/mol. The lowest BCUT2D eigenvalue weighted by molar-refractivity contribution is -0.121. The maximum Gasteiger partial charge on any atom is 0.251 e. The molecular weight excluding hydrogens is 332 g/mol. The largest absolute Gasteiger partial charge is 0.493 e. The molecule has 0 aromatic heterocycles. The third-order valence-corrected chi connectivity index (χ3v) is 3.60. The fourth-order valence-electron chi connectivity index (χ4n) is 2.18. The molecule has 0 heterocycles. The molecule has 2 aromatic rings. The lowest BCUT2D eigenvalue weighted by atomic mass is 10.1. The molecule has 0 spiro atoms. The summed E-state index contributed by atoms with van der Waals surface area (Å²) in [6, 6.07) is 16.3. The Labute approximate surface area is 153 Å². The minimum absolute atomic E-state index is 0.0975. The van der Waals surface area contributed by atoms with Gasteiger partial charge in [0.2, 0.25) is 5.91 Å². The average Bonchev–Trinajstić information content (AvgIpc) is 2.65. The minimum atomic E-state index is -0.584. The summed E-state index contributed by atoms with van der Waals surface area (Å²) in [6.45, 7) is 2.52. The molecule has 0 aliphatic carbocycles. The van der Waals surface area contributed by atoms with Gasteiger partial charge in [-0.1, -0.05) is 30.3 Å². The molecule has 6 heteroatoms. The van der Waals surface area contributed by atoms with Crippen molar-refractivity contribution in [2.24, 2.45) is 0 Å². The Balaban J connectivity index is 1.70. The molecule has 0 fully saturated rings. The Morgan fingerprint density at radius 2 is 1.73 bits per heavy atom.